The standard InChI is InChI=1S/C21H22N2O3S/c1-13-8-17-16(10-20(24)26-19(17)9-14(13)2)12-27-21(22)23-11-15-6-4-5-7-18(15)25-3/h4-10H,11-12H2,1-3H3,(H2,22,23). The van der Waals surface area contributed by atoms with Crippen LogP contribution < -0.4 is 16.1 Å². The zero-order valence-electron chi connectivity index (χ0n) is 15.6. The van der Waals surface area contributed by atoms with E-state index < -0.39 is 0 Å². The van der Waals surface area contributed by atoms with Crippen molar-refractivity contribution in [2.75, 3.05) is 7.11 Å². The lowest BCUT2D eigenvalue weighted by atomic mass is 10.0. The van der Waals surface area contributed by atoms with Gasteiger partial charge in [0.1, 0.15) is 11.3 Å². The van der Waals surface area contributed by atoms with Gasteiger partial charge in [-0.25, -0.2) is 4.79 Å². The Morgan fingerprint density at radius 1 is 1.15 bits per heavy atom. The monoisotopic (exact) mass is 382 g/mol. The lowest BCUT2D eigenvalue weighted by Gasteiger charge is -2.08. The van der Waals surface area contributed by atoms with Gasteiger partial charge >= 0.3 is 5.63 Å². The molecule has 3 aromatic rings. The fraction of sp³-hybridized carbons (Fsp3) is 0.238. The summed E-state index contributed by atoms with van der Waals surface area (Å²) >= 11 is 1.40. The minimum atomic E-state index is -0.356. The second-order valence-electron chi connectivity index (χ2n) is 6.28. The number of amidine groups is 1. The van der Waals surface area contributed by atoms with E-state index in [4.69, 9.17) is 14.9 Å². The predicted molar refractivity (Wildman–Crippen MR) is 112 cm³/mol. The van der Waals surface area contributed by atoms with E-state index in [0.29, 0.717) is 23.0 Å². The van der Waals surface area contributed by atoms with Crippen molar-refractivity contribution >= 4 is 27.9 Å². The van der Waals surface area contributed by atoms with E-state index >= 15 is 0 Å². The second kappa shape index (κ2) is 8.31. The summed E-state index contributed by atoms with van der Waals surface area (Å²) in [7, 11) is 1.64. The third-order valence-electron chi connectivity index (χ3n) is 4.42. The van der Waals surface area contributed by atoms with Crippen LogP contribution in [0.25, 0.3) is 11.0 Å². The van der Waals surface area contributed by atoms with E-state index in [1.54, 1.807) is 7.11 Å². The number of hydrogen-bond donors (Lipinski definition) is 1. The van der Waals surface area contributed by atoms with E-state index in [9.17, 15) is 4.79 Å². The number of rotatable bonds is 5. The molecule has 2 aromatic carbocycles. The van der Waals surface area contributed by atoms with Crippen molar-refractivity contribution in [3.63, 3.8) is 0 Å². The van der Waals surface area contributed by atoms with Crippen LogP contribution in [-0.2, 0) is 12.3 Å². The van der Waals surface area contributed by atoms with Gasteiger partial charge in [0.2, 0.25) is 0 Å². The smallest absolute Gasteiger partial charge is 0.336 e. The first-order valence-electron chi connectivity index (χ1n) is 8.56. The number of para-hydroxylation sites is 1. The van der Waals surface area contributed by atoms with E-state index in [1.807, 2.05) is 50.2 Å². The SMILES string of the molecule is COc1ccccc1CN=C(N)SCc1cc(=O)oc2cc(C)c(C)cc12. The molecule has 3 rings (SSSR count). The highest BCUT2D eigenvalue weighted by atomic mass is 32.2. The first-order chi connectivity index (χ1) is 13.0. The molecule has 0 radical (unpaired) electrons. The molecule has 140 valence electrons. The molecule has 0 saturated carbocycles. The number of nitrogens with two attached hydrogens (primary N) is 1. The molecule has 0 unspecified atom stereocenters. The number of ether oxygens (including phenoxy) is 1. The van der Waals surface area contributed by atoms with Crippen molar-refractivity contribution in [2.45, 2.75) is 26.1 Å². The third kappa shape index (κ3) is 4.52. The number of nitrogens with zero attached hydrogens (tertiary/aromatic N) is 1. The summed E-state index contributed by atoms with van der Waals surface area (Å²) in [5.41, 5.74) is 10.4. The maximum Gasteiger partial charge on any atom is 0.336 e. The fourth-order valence-corrected chi connectivity index (χ4v) is 3.49. The Labute approximate surface area is 162 Å². The maximum absolute atomic E-state index is 11.9. The molecule has 1 aromatic heterocycles. The number of hydrogen-bond acceptors (Lipinski definition) is 5. The molecule has 0 bridgehead atoms. The minimum Gasteiger partial charge on any atom is -0.496 e. The maximum atomic E-state index is 11.9. The Bertz CT molecular complexity index is 1060. The normalized spacial score (nSPS) is 11.7. The minimum absolute atomic E-state index is 0.356. The van der Waals surface area contributed by atoms with Crippen molar-refractivity contribution in [2.24, 2.45) is 10.7 Å². The van der Waals surface area contributed by atoms with Crippen molar-refractivity contribution < 1.29 is 9.15 Å². The highest BCUT2D eigenvalue weighted by molar-refractivity contribution is 8.13. The Morgan fingerprint density at radius 2 is 1.89 bits per heavy atom. The van der Waals surface area contributed by atoms with Crippen LogP contribution in [0.4, 0.5) is 0 Å². The summed E-state index contributed by atoms with van der Waals surface area (Å²) in [5, 5.41) is 1.40. The van der Waals surface area contributed by atoms with Crippen molar-refractivity contribution in [1.82, 2.24) is 0 Å². The molecule has 0 saturated heterocycles. The molecule has 6 heteroatoms. The molecule has 5 nitrogen and oxygen atoms in total. The van der Waals surface area contributed by atoms with Gasteiger partial charge in [-0.2, -0.15) is 0 Å². The van der Waals surface area contributed by atoms with E-state index in [-0.39, 0.29) is 5.63 Å². The number of aryl methyl sites for hydroxylation is 2. The lowest BCUT2D eigenvalue weighted by Crippen LogP contribution is -2.08. The van der Waals surface area contributed by atoms with Gasteiger partial charge in [0.15, 0.2) is 5.17 Å². The van der Waals surface area contributed by atoms with Gasteiger partial charge in [0.05, 0.1) is 13.7 Å². The summed E-state index contributed by atoms with van der Waals surface area (Å²) in [6, 6.07) is 13.2. The molecular weight excluding hydrogens is 360 g/mol. The molecule has 27 heavy (non-hydrogen) atoms. The van der Waals surface area contributed by atoms with Crippen LogP contribution in [-0.4, -0.2) is 12.3 Å². The van der Waals surface area contributed by atoms with Gasteiger partial charge in [-0.3, -0.25) is 4.99 Å². The molecule has 0 aliphatic heterocycles. The molecular formula is C21H22N2O3S. The van der Waals surface area contributed by atoms with Gasteiger partial charge in [-0.05, 0) is 48.7 Å². The summed E-state index contributed by atoms with van der Waals surface area (Å²) in [5.74, 6) is 1.34. The van der Waals surface area contributed by atoms with Crippen LogP contribution in [0.3, 0.4) is 0 Å². The van der Waals surface area contributed by atoms with Gasteiger partial charge < -0.3 is 14.9 Å². The Balaban J connectivity index is 1.78. The van der Waals surface area contributed by atoms with Crippen LogP contribution in [0.1, 0.15) is 22.3 Å². The van der Waals surface area contributed by atoms with Crippen LogP contribution in [0.15, 0.2) is 56.7 Å². The quantitative estimate of drug-likeness (QED) is 0.407. The van der Waals surface area contributed by atoms with Gasteiger partial charge in [0, 0.05) is 22.8 Å². The molecule has 0 aliphatic rings. The first kappa shape index (κ1) is 19.0. The number of thioether (sulfide) groups is 1. The van der Waals surface area contributed by atoms with E-state index in [2.05, 4.69) is 4.99 Å². The lowest BCUT2D eigenvalue weighted by molar-refractivity contribution is 0.410. The van der Waals surface area contributed by atoms with Crippen LogP contribution in [0.2, 0.25) is 0 Å². The van der Waals surface area contributed by atoms with Crippen molar-refractivity contribution in [1.29, 1.82) is 0 Å². The van der Waals surface area contributed by atoms with Gasteiger partial charge in [-0.15, -0.1) is 0 Å². The molecule has 0 atom stereocenters. The fourth-order valence-electron chi connectivity index (χ4n) is 2.80. The Morgan fingerprint density at radius 3 is 2.67 bits per heavy atom. The largest absolute Gasteiger partial charge is 0.496 e. The average Bonchev–Trinajstić information content (AvgIpc) is 2.66. The summed E-state index contributed by atoms with van der Waals surface area (Å²) < 4.78 is 10.7. The molecule has 2 N–H and O–H groups in total. The Kier molecular flexibility index (Phi) is 5.86. The number of benzene rings is 2. The average molecular weight is 382 g/mol. The molecule has 0 spiro atoms. The van der Waals surface area contributed by atoms with Crippen molar-refractivity contribution in [3.05, 3.63) is 75.1 Å². The highest BCUT2D eigenvalue weighted by Gasteiger charge is 2.09. The first-order valence-corrected chi connectivity index (χ1v) is 9.55. The highest BCUT2D eigenvalue weighted by Crippen LogP contribution is 2.25. The molecule has 1 heterocycles. The number of fused-ring (bicyclic) bond motifs is 1. The third-order valence-corrected chi connectivity index (χ3v) is 5.30. The molecule has 0 fully saturated rings. The van der Waals surface area contributed by atoms with Gasteiger partial charge in [-0.1, -0.05) is 30.0 Å². The zero-order chi connectivity index (χ0) is 19.4. The second-order valence-corrected chi connectivity index (χ2v) is 7.27. The summed E-state index contributed by atoms with van der Waals surface area (Å²) in [6.45, 7) is 4.48. The van der Waals surface area contributed by atoms with Crippen LogP contribution >= 0.6 is 11.8 Å². The topological polar surface area (TPSA) is 77.8 Å². The molecule has 0 amide bonds. The summed E-state index contributed by atoms with van der Waals surface area (Å²) in [6.07, 6.45) is 0. The zero-order valence-corrected chi connectivity index (χ0v) is 16.4. The summed E-state index contributed by atoms with van der Waals surface area (Å²) in [4.78, 5) is 16.3. The predicted octanol–water partition coefficient (Wildman–Crippen LogP) is 4.17. The van der Waals surface area contributed by atoms with Crippen LogP contribution in [0, 0.1) is 13.8 Å². The Hall–Kier alpha value is -2.73. The van der Waals surface area contributed by atoms with Crippen molar-refractivity contribution in [3.8, 4) is 5.75 Å². The number of aliphatic imine (C=N–C) groups is 1. The van der Waals surface area contributed by atoms with Crippen LogP contribution in [0.5, 0.6) is 5.75 Å². The number of methoxy groups -OCH3 is 1. The van der Waals surface area contributed by atoms with Gasteiger partial charge in [0.25, 0.3) is 0 Å². The van der Waals surface area contributed by atoms with E-state index in [0.717, 1.165) is 33.4 Å². The molecule has 0 aliphatic carbocycles. The van der Waals surface area contributed by atoms with E-state index in [1.165, 1.54) is 17.8 Å².